The van der Waals surface area contributed by atoms with E-state index in [4.69, 9.17) is 4.74 Å². The molecule has 1 amide bonds. The van der Waals surface area contributed by atoms with Gasteiger partial charge < -0.3 is 10.1 Å². The van der Waals surface area contributed by atoms with E-state index < -0.39 is 0 Å². The second-order valence-electron chi connectivity index (χ2n) is 7.05. The van der Waals surface area contributed by atoms with Gasteiger partial charge in [0.05, 0.1) is 13.2 Å². The van der Waals surface area contributed by atoms with Gasteiger partial charge in [0.25, 0.3) is 5.91 Å². The maximum Gasteiger partial charge on any atom is 0.251 e. The first-order valence-corrected chi connectivity index (χ1v) is 9.24. The van der Waals surface area contributed by atoms with Gasteiger partial charge in [0.1, 0.15) is 0 Å². The van der Waals surface area contributed by atoms with Crippen LogP contribution in [-0.4, -0.2) is 50.2 Å². The molecule has 1 heterocycles. The highest BCUT2D eigenvalue weighted by Gasteiger charge is 2.24. The van der Waals surface area contributed by atoms with Crippen molar-refractivity contribution < 1.29 is 9.53 Å². The monoisotopic (exact) mass is 326 g/mol. The molecule has 0 bridgehead atoms. The summed E-state index contributed by atoms with van der Waals surface area (Å²) in [6.07, 6.45) is 6.13. The summed E-state index contributed by atoms with van der Waals surface area (Å²) < 4.78 is 5.35. The number of carbonyl (C=O) groups is 1. The van der Waals surface area contributed by atoms with Crippen LogP contribution in [0.5, 0.6) is 0 Å². The van der Waals surface area contributed by atoms with Gasteiger partial charge in [-0.05, 0) is 60.9 Å². The van der Waals surface area contributed by atoms with Crippen LogP contribution >= 0.6 is 0 Å². The quantitative estimate of drug-likeness (QED) is 0.925. The van der Waals surface area contributed by atoms with Crippen molar-refractivity contribution in [3.8, 4) is 0 Å². The lowest BCUT2D eigenvalue weighted by atomic mass is 9.91. The molecule has 4 heteroatoms. The molecule has 128 valence electrons. The van der Waals surface area contributed by atoms with Crippen molar-refractivity contribution in [1.82, 2.24) is 10.2 Å². The first-order valence-electron chi connectivity index (χ1n) is 9.24. The number of morpholine rings is 1. The third-order valence-electron chi connectivity index (χ3n) is 5.50. The Labute approximate surface area is 143 Å². The zero-order valence-electron chi connectivity index (χ0n) is 14.3. The summed E-state index contributed by atoms with van der Waals surface area (Å²) in [6, 6.07) is 6.26. The van der Waals surface area contributed by atoms with Crippen LogP contribution in [0, 0.1) is 0 Å². The fraction of sp³-hybridized carbons (Fsp3) is 0.550. The van der Waals surface area contributed by atoms with E-state index in [-0.39, 0.29) is 5.91 Å². The van der Waals surface area contributed by atoms with Gasteiger partial charge in [0.15, 0.2) is 0 Å². The lowest BCUT2D eigenvalue weighted by Crippen LogP contribution is -2.41. The number of hydrogen-bond acceptors (Lipinski definition) is 3. The molecular weight excluding hydrogens is 300 g/mol. The summed E-state index contributed by atoms with van der Waals surface area (Å²) >= 11 is 0. The van der Waals surface area contributed by atoms with Crippen molar-refractivity contribution in [3.05, 3.63) is 40.5 Å². The third-order valence-corrected chi connectivity index (χ3v) is 5.50. The topological polar surface area (TPSA) is 41.6 Å². The Morgan fingerprint density at radius 1 is 1.17 bits per heavy atom. The number of allylic oxidation sites excluding steroid dienone is 2. The van der Waals surface area contributed by atoms with Gasteiger partial charge in [-0.15, -0.1) is 0 Å². The standard InChI is InChI=1S/C20H26N2O2/c23-20(21-7-8-22-9-11-24-12-10-22)17-6-5-16-13-15-3-1-2-4-18(15)19(16)14-17/h5-6,14H,1-4,7-13H2,(H,21,23). The molecule has 1 N–H and O–H groups in total. The average Bonchev–Trinajstić information content (AvgIpc) is 3.00. The van der Waals surface area contributed by atoms with E-state index in [1.807, 2.05) is 6.07 Å². The lowest BCUT2D eigenvalue weighted by molar-refractivity contribution is 0.0383. The largest absolute Gasteiger partial charge is 0.379 e. The Balaban J connectivity index is 1.38. The minimum atomic E-state index is 0.0518. The number of rotatable bonds is 4. The molecule has 0 unspecified atom stereocenters. The van der Waals surface area contributed by atoms with E-state index in [2.05, 4.69) is 22.3 Å². The van der Waals surface area contributed by atoms with Gasteiger partial charge in [0, 0.05) is 31.7 Å². The van der Waals surface area contributed by atoms with Gasteiger partial charge in [-0.25, -0.2) is 0 Å². The van der Waals surface area contributed by atoms with E-state index in [1.54, 1.807) is 5.57 Å². The maximum atomic E-state index is 12.5. The molecule has 1 aromatic carbocycles. The Morgan fingerprint density at radius 2 is 2.00 bits per heavy atom. The molecular formula is C20H26N2O2. The molecule has 0 spiro atoms. The smallest absolute Gasteiger partial charge is 0.251 e. The van der Waals surface area contributed by atoms with Gasteiger partial charge >= 0.3 is 0 Å². The summed E-state index contributed by atoms with van der Waals surface area (Å²) in [5.41, 5.74) is 6.69. The first-order chi connectivity index (χ1) is 11.8. The number of amides is 1. The Hall–Kier alpha value is -1.65. The van der Waals surface area contributed by atoms with E-state index in [0.29, 0.717) is 6.54 Å². The van der Waals surface area contributed by atoms with Gasteiger partial charge in [0.2, 0.25) is 0 Å². The molecule has 1 aromatic rings. The summed E-state index contributed by atoms with van der Waals surface area (Å²) in [5, 5.41) is 3.07. The molecule has 0 aromatic heterocycles. The zero-order chi connectivity index (χ0) is 16.4. The molecule has 0 atom stereocenters. The highest BCUT2D eigenvalue weighted by atomic mass is 16.5. The molecule has 0 saturated carbocycles. The maximum absolute atomic E-state index is 12.5. The molecule has 3 aliphatic rings. The minimum Gasteiger partial charge on any atom is -0.379 e. The Morgan fingerprint density at radius 3 is 2.88 bits per heavy atom. The number of ether oxygens (including phenoxy) is 1. The van der Waals surface area contributed by atoms with Crippen molar-refractivity contribution >= 4 is 11.5 Å². The second-order valence-corrected chi connectivity index (χ2v) is 7.05. The van der Waals surface area contributed by atoms with Crippen molar-refractivity contribution in [2.24, 2.45) is 0 Å². The second kappa shape index (κ2) is 7.08. The highest BCUT2D eigenvalue weighted by Crippen LogP contribution is 2.41. The average molecular weight is 326 g/mol. The first kappa shape index (κ1) is 15.9. The van der Waals surface area contributed by atoms with Crippen LogP contribution in [0.3, 0.4) is 0 Å². The molecule has 4 nitrogen and oxygen atoms in total. The van der Waals surface area contributed by atoms with Gasteiger partial charge in [-0.3, -0.25) is 9.69 Å². The number of nitrogens with one attached hydrogen (secondary N) is 1. The number of carbonyl (C=O) groups excluding carboxylic acids is 1. The molecule has 0 radical (unpaired) electrons. The molecule has 24 heavy (non-hydrogen) atoms. The summed E-state index contributed by atoms with van der Waals surface area (Å²) in [5.74, 6) is 0.0518. The van der Waals surface area contributed by atoms with Crippen molar-refractivity contribution in [1.29, 1.82) is 0 Å². The van der Waals surface area contributed by atoms with Crippen LogP contribution in [0.15, 0.2) is 23.8 Å². The van der Waals surface area contributed by atoms with Crippen LogP contribution in [0.25, 0.3) is 5.57 Å². The summed E-state index contributed by atoms with van der Waals surface area (Å²) in [4.78, 5) is 14.8. The number of hydrogen-bond donors (Lipinski definition) is 1. The van der Waals surface area contributed by atoms with Crippen molar-refractivity contribution in [3.63, 3.8) is 0 Å². The van der Waals surface area contributed by atoms with Crippen molar-refractivity contribution in [2.75, 3.05) is 39.4 Å². The SMILES string of the molecule is O=C(NCCN1CCOCC1)c1ccc2c(c1)C1=C(CCCC1)C2. The molecule has 1 aliphatic heterocycles. The number of fused-ring (bicyclic) bond motifs is 2. The van der Waals surface area contributed by atoms with Crippen LogP contribution in [0.4, 0.5) is 0 Å². The summed E-state index contributed by atoms with van der Waals surface area (Å²) in [6.45, 7) is 5.13. The van der Waals surface area contributed by atoms with Crippen molar-refractivity contribution in [2.45, 2.75) is 32.1 Å². The molecule has 1 fully saturated rings. The lowest BCUT2D eigenvalue weighted by Gasteiger charge is -2.26. The predicted octanol–water partition coefficient (Wildman–Crippen LogP) is 2.63. The molecule has 4 rings (SSSR count). The van der Waals surface area contributed by atoms with Crippen LogP contribution in [0.1, 0.15) is 47.2 Å². The van der Waals surface area contributed by atoms with Gasteiger partial charge in [-0.1, -0.05) is 11.6 Å². The Kier molecular flexibility index (Phi) is 4.67. The van der Waals surface area contributed by atoms with E-state index in [9.17, 15) is 4.79 Å². The fourth-order valence-electron chi connectivity index (χ4n) is 4.13. The Bertz CT molecular complexity index is 660. The summed E-state index contributed by atoms with van der Waals surface area (Å²) in [7, 11) is 0. The number of benzene rings is 1. The van der Waals surface area contributed by atoms with Crippen LogP contribution < -0.4 is 5.32 Å². The van der Waals surface area contributed by atoms with E-state index in [0.717, 1.165) is 44.8 Å². The molecule has 1 saturated heterocycles. The minimum absolute atomic E-state index is 0.0518. The predicted molar refractivity (Wildman–Crippen MR) is 95.1 cm³/mol. The molecule has 2 aliphatic carbocycles. The zero-order valence-corrected chi connectivity index (χ0v) is 14.3. The fourth-order valence-corrected chi connectivity index (χ4v) is 4.13. The highest BCUT2D eigenvalue weighted by molar-refractivity contribution is 5.96. The third kappa shape index (κ3) is 3.26. The van der Waals surface area contributed by atoms with E-state index in [1.165, 1.54) is 42.4 Å². The van der Waals surface area contributed by atoms with Crippen LogP contribution in [0.2, 0.25) is 0 Å². The number of nitrogens with zero attached hydrogens (tertiary/aromatic N) is 1. The van der Waals surface area contributed by atoms with E-state index >= 15 is 0 Å². The van der Waals surface area contributed by atoms with Gasteiger partial charge in [-0.2, -0.15) is 0 Å². The normalized spacial score (nSPS) is 20.7. The van der Waals surface area contributed by atoms with Crippen LogP contribution in [-0.2, 0) is 11.2 Å².